The minimum atomic E-state index is -0.868. The summed E-state index contributed by atoms with van der Waals surface area (Å²) in [5.74, 6) is -2.28. The van der Waals surface area contributed by atoms with Crippen molar-refractivity contribution < 1.29 is 18.4 Å². The SMILES string of the molecule is Cc1ccc(F)c(C(=O)NC2CCC(=O)CC2)c1F. The van der Waals surface area contributed by atoms with Gasteiger partial charge in [0, 0.05) is 18.9 Å². The molecule has 0 saturated heterocycles. The highest BCUT2D eigenvalue weighted by molar-refractivity contribution is 5.95. The van der Waals surface area contributed by atoms with Gasteiger partial charge < -0.3 is 5.32 Å². The quantitative estimate of drug-likeness (QED) is 0.895. The third kappa shape index (κ3) is 2.97. The number of hydrogen-bond donors (Lipinski definition) is 1. The van der Waals surface area contributed by atoms with Crippen molar-refractivity contribution in [3.8, 4) is 0 Å². The third-order valence-corrected chi connectivity index (χ3v) is 3.39. The summed E-state index contributed by atoms with van der Waals surface area (Å²) in [6.45, 7) is 1.48. The molecular formula is C14H15F2NO2. The molecule has 1 amide bonds. The van der Waals surface area contributed by atoms with E-state index in [0.717, 1.165) is 6.07 Å². The maximum atomic E-state index is 13.8. The van der Waals surface area contributed by atoms with E-state index in [1.165, 1.54) is 13.0 Å². The highest BCUT2D eigenvalue weighted by atomic mass is 19.1. The van der Waals surface area contributed by atoms with Crippen molar-refractivity contribution >= 4 is 11.7 Å². The molecule has 0 aliphatic heterocycles. The van der Waals surface area contributed by atoms with Crippen molar-refractivity contribution in [1.82, 2.24) is 5.32 Å². The summed E-state index contributed by atoms with van der Waals surface area (Å²) >= 11 is 0. The Hall–Kier alpha value is -1.78. The molecule has 0 atom stereocenters. The summed E-state index contributed by atoms with van der Waals surface area (Å²) < 4.78 is 27.3. The van der Waals surface area contributed by atoms with Crippen molar-refractivity contribution in [2.75, 3.05) is 0 Å². The van der Waals surface area contributed by atoms with Crippen molar-refractivity contribution in [2.24, 2.45) is 0 Å². The molecule has 102 valence electrons. The average Bonchev–Trinajstić information content (AvgIpc) is 2.37. The lowest BCUT2D eigenvalue weighted by Crippen LogP contribution is -2.38. The number of halogens is 2. The number of nitrogens with one attached hydrogen (secondary N) is 1. The fraction of sp³-hybridized carbons (Fsp3) is 0.429. The number of aryl methyl sites for hydroxylation is 1. The molecule has 1 saturated carbocycles. The molecule has 1 fully saturated rings. The second-order valence-electron chi connectivity index (χ2n) is 4.84. The molecule has 1 aliphatic carbocycles. The van der Waals surface area contributed by atoms with Crippen molar-refractivity contribution in [1.29, 1.82) is 0 Å². The first-order valence-corrected chi connectivity index (χ1v) is 6.26. The Morgan fingerprint density at radius 3 is 2.53 bits per heavy atom. The second-order valence-corrected chi connectivity index (χ2v) is 4.84. The number of benzene rings is 1. The zero-order chi connectivity index (χ0) is 14.0. The molecule has 19 heavy (non-hydrogen) atoms. The van der Waals surface area contributed by atoms with E-state index in [2.05, 4.69) is 5.32 Å². The van der Waals surface area contributed by atoms with E-state index in [0.29, 0.717) is 25.7 Å². The molecule has 2 rings (SSSR count). The van der Waals surface area contributed by atoms with Crippen LogP contribution < -0.4 is 5.32 Å². The first-order valence-electron chi connectivity index (χ1n) is 6.26. The van der Waals surface area contributed by atoms with E-state index in [-0.39, 0.29) is 17.4 Å². The molecule has 3 nitrogen and oxygen atoms in total. The highest BCUT2D eigenvalue weighted by Crippen LogP contribution is 2.19. The van der Waals surface area contributed by atoms with E-state index in [4.69, 9.17) is 0 Å². The van der Waals surface area contributed by atoms with Crippen LogP contribution >= 0.6 is 0 Å². The van der Waals surface area contributed by atoms with Gasteiger partial charge in [0.2, 0.25) is 0 Å². The average molecular weight is 267 g/mol. The molecule has 1 N–H and O–H groups in total. The number of rotatable bonds is 2. The number of amides is 1. The molecule has 5 heteroatoms. The standard InChI is InChI=1S/C14H15F2NO2/c1-8-2-7-11(15)12(13(8)16)14(19)17-9-3-5-10(18)6-4-9/h2,7,9H,3-6H2,1H3,(H,17,19). The van der Waals surface area contributed by atoms with Crippen LogP contribution in [0.25, 0.3) is 0 Å². The van der Waals surface area contributed by atoms with Crippen molar-refractivity contribution in [2.45, 2.75) is 38.6 Å². The topological polar surface area (TPSA) is 46.2 Å². The largest absolute Gasteiger partial charge is 0.349 e. The van der Waals surface area contributed by atoms with E-state index >= 15 is 0 Å². The Balaban J connectivity index is 2.12. The van der Waals surface area contributed by atoms with Crippen LogP contribution in [0.5, 0.6) is 0 Å². The lowest BCUT2D eigenvalue weighted by molar-refractivity contribution is -0.120. The maximum absolute atomic E-state index is 13.8. The van der Waals surface area contributed by atoms with Crippen LogP contribution in [0.3, 0.4) is 0 Å². The monoisotopic (exact) mass is 267 g/mol. The van der Waals surface area contributed by atoms with Gasteiger partial charge in [0.1, 0.15) is 23.0 Å². The predicted octanol–water partition coefficient (Wildman–Crippen LogP) is 2.51. The van der Waals surface area contributed by atoms with Crippen LogP contribution in [0, 0.1) is 18.6 Å². The lowest BCUT2D eigenvalue weighted by Gasteiger charge is -2.22. The maximum Gasteiger partial charge on any atom is 0.257 e. The van der Waals surface area contributed by atoms with Crippen LogP contribution in [0.1, 0.15) is 41.6 Å². The van der Waals surface area contributed by atoms with Crippen LogP contribution in [-0.4, -0.2) is 17.7 Å². The Labute approximate surface area is 110 Å². The third-order valence-electron chi connectivity index (χ3n) is 3.39. The number of carbonyl (C=O) groups excluding carboxylic acids is 2. The van der Waals surface area contributed by atoms with Gasteiger partial charge in [-0.3, -0.25) is 9.59 Å². The zero-order valence-electron chi connectivity index (χ0n) is 10.6. The van der Waals surface area contributed by atoms with Gasteiger partial charge in [-0.25, -0.2) is 8.78 Å². The Morgan fingerprint density at radius 1 is 1.26 bits per heavy atom. The van der Waals surface area contributed by atoms with E-state index in [1.807, 2.05) is 0 Å². The van der Waals surface area contributed by atoms with Gasteiger partial charge in [-0.1, -0.05) is 6.07 Å². The van der Waals surface area contributed by atoms with Gasteiger partial charge in [-0.05, 0) is 31.4 Å². The number of ketones is 1. The number of hydrogen-bond acceptors (Lipinski definition) is 2. The lowest BCUT2D eigenvalue weighted by atomic mass is 9.94. The number of Topliss-reactive ketones (excluding diaryl/α,β-unsaturated/α-hetero) is 1. The predicted molar refractivity (Wildman–Crippen MR) is 65.8 cm³/mol. The normalized spacial score (nSPS) is 16.5. The van der Waals surface area contributed by atoms with E-state index in [1.54, 1.807) is 0 Å². The zero-order valence-corrected chi connectivity index (χ0v) is 10.6. The van der Waals surface area contributed by atoms with E-state index in [9.17, 15) is 18.4 Å². The summed E-state index contributed by atoms with van der Waals surface area (Å²) in [5.41, 5.74) is -0.317. The fourth-order valence-electron chi connectivity index (χ4n) is 2.21. The Morgan fingerprint density at radius 2 is 1.89 bits per heavy atom. The Kier molecular flexibility index (Phi) is 3.93. The van der Waals surface area contributed by atoms with Gasteiger partial charge in [-0.15, -0.1) is 0 Å². The summed E-state index contributed by atoms with van der Waals surface area (Å²) in [4.78, 5) is 23.0. The highest BCUT2D eigenvalue weighted by Gasteiger charge is 2.24. The molecule has 0 radical (unpaired) electrons. The fourth-order valence-corrected chi connectivity index (χ4v) is 2.21. The molecule has 0 bridgehead atoms. The molecule has 1 aromatic rings. The van der Waals surface area contributed by atoms with Crippen LogP contribution in [-0.2, 0) is 4.79 Å². The summed E-state index contributed by atoms with van der Waals surface area (Å²) in [6.07, 6.45) is 1.87. The van der Waals surface area contributed by atoms with Crippen LogP contribution in [0.2, 0.25) is 0 Å². The second kappa shape index (κ2) is 5.47. The first kappa shape index (κ1) is 13.6. The van der Waals surface area contributed by atoms with E-state index < -0.39 is 23.1 Å². The summed E-state index contributed by atoms with van der Waals surface area (Å²) in [5, 5.41) is 2.59. The van der Waals surface area contributed by atoms with Gasteiger partial charge in [-0.2, -0.15) is 0 Å². The van der Waals surface area contributed by atoms with Crippen molar-refractivity contribution in [3.63, 3.8) is 0 Å². The molecule has 1 aliphatic rings. The molecule has 0 spiro atoms. The van der Waals surface area contributed by atoms with Gasteiger partial charge in [0.25, 0.3) is 5.91 Å². The smallest absolute Gasteiger partial charge is 0.257 e. The molecule has 0 unspecified atom stereocenters. The molecule has 0 aromatic heterocycles. The minimum absolute atomic E-state index is 0.165. The number of carbonyl (C=O) groups is 2. The summed E-state index contributed by atoms with van der Waals surface area (Å²) in [6, 6.07) is 2.18. The Bertz CT molecular complexity index is 518. The van der Waals surface area contributed by atoms with Gasteiger partial charge in [0.15, 0.2) is 0 Å². The first-order chi connectivity index (χ1) is 8.99. The van der Waals surface area contributed by atoms with Gasteiger partial charge in [0.05, 0.1) is 0 Å². The summed E-state index contributed by atoms with van der Waals surface area (Å²) in [7, 11) is 0. The minimum Gasteiger partial charge on any atom is -0.349 e. The molecular weight excluding hydrogens is 252 g/mol. The molecule has 0 heterocycles. The van der Waals surface area contributed by atoms with Crippen molar-refractivity contribution in [3.05, 3.63) is 34.9 Å². The van der Waals surface area contributed by atoms with Crippen LogP contribution in [0.4, 0.5) is 8.78 Å². The molecule has 1 aromatic carbocycles. The van der Waals surface area contributed by atoms with Gasteiger partial charge >= 0.3 is 0 Å². The van der Waals surface area contributed by atoms with Crippen LogP contribution in [0.15, 0.2) is 12.1 Å².